The Balaban J connectivity index is 1.85. The summed E-state index contributed by atoms with van der Waals surface area (Å²) in [7, 11) is 0. The van der Waals surface area contributed by atoms with Crippen LogP contribution >= 0.6 is 0 Å². The van der Waals surface area contributed by atoms with Crippen molar-refractivity contribution in [3.63, 3.8) is 0 Å². The Morgan fingerprint density at radius 2 is 1.64 bits per heavy atom. The standard InChI is InChI=1S/C21H23FN2O4/c1-14(2)19(24-20(26)16-8-10-17(22)11-9-16)21(27)23-12-18(25)28-13-15-6-4-3-5-7-15/h3-11,14,19H,12-13H2,1-2H3,(H,23,27)(H,24,26). The molecule has 7 heteroatoms. The highest BCUT2D eigenvalue weighted by molar-refractivity contribution is 5.98. The predicted octanol–water partition coefficient (Wildman–Crippen LogP) is 2.44. The third-order valence-corrected chi connectivity index (χ3v) is 3.99. The third-order valence-electron chi connectivity index (χ3n) is 3.99. The molecule has 2 aromatic carbocycles. The Hall–Kier alpha value is -3.22. The average Bonchev–Trinajstić information content (AvgIpc) is 2.69. The number of amides is 2. The first-order valence-electron chi connectivity index (χ1n) is 8.90. The third kappa shape index (κ3) is 6.50. The summed E-state index contributed by atoms with van der Waals surface area (Å²) in [5.41, 5.74) is 1.08. The van der Waals surface area contributed by atoms with E-state index in [1.165, 1.54) is 24.3 Å². The van der Waals surface area contributed by atoms with Gasteiger partial charge in [0, 0.05) is 5.56 Å². The van der Waals surface area contributed by atoms with Gasteiger partial charge in [-0.25, -0.2) is 4.39 Å². The number of halogens is 1. The Kier molecular flexibility index (Phi) is 7.68. The van der Waals surface area contributed by atoms with Crippen molar-refractivity contribution in [3.8, 4) is 0 Å². The van der Waals surface area contributed by atoms with Gasteiger partial charge >= 0.3 is 5.97 Å². The summed E-state index contributed by atoms with van der Waals surface area (Å²) in [4.78, 5) is 36.5. The fourth-order valence-corrected chi connectivity index (χ4v) is 2.42. The number of esters is 1. The van der Waals surface area contributed by atoms with Gasteiger partial charge in [0.15, 0.2) is 0 Å². The topological polar surface area (TPSA) is 84.5 Å². The Morgan fingerprint density at radius 1 is 1.00 bits per heavy atom. The van der Waals surface area contributed by atoms with E-state index in [1.54, 1.807) is 13.8 Å². The molecule has 1 atom stereocenters. The lowest BCUT2D eigenvalue weighted by molar-refractivity contribution is -0.145. The van der Waals surface area contributed by atoms with Crippen LogP contribution in [0.3, 0.4) is 0 Å². The van der Waals surface area contributed by atoms with Crippen molar-refractivity contribution in [1.82, 2.24) is 10.6 Å². The predicted molar refractivity (Wildman–Crippen MR) is 102 cm³/mol. The monoisotopic (exact) mass is 386 g/mol. The van der Waals surface area contributed by atoms with E-state index in [4.69, 9.17) is 4.74 Å². The van der Waals surface area contributed by atoms with Crippen molar-refractivity contribution >= 4 is 17.8 Å². The van der Waals surface area contributed by atoms with Gasteiger partial charge in [-0.2, -0.15) is 0 Å². The van der Waals surface area contributed by atoms with Crippen LogP contribution in [0.4, 0.5) is 4.39 Å². The maximum absolute atomic E-state index is 13.0. The normalized spacial score (nSPS) is 11.6. The summed E-state index contributed by atoms with van der Waals surface area (Å²) < 4.78 is 18.1. The van der Waals surface area contributed by atoms with Crippen molar-refractivity contribution in [1.29, 1.82) is 0 Å². The molecular formula is C21H23FN2O4. The quantitative estimate of drug-likeness (QED) is 0.683. The van der Waals surface area contributed by atoms with E-state index in [1.807, 2.05) is 30.3 Å². The second kappa shape index (κ2) is 10.2. The van der Waals surface area contributed by atoms with Gasteiger partial charge in [0.25, 0.3) is 5.91 Å². The highest BCUT2D eigenvalue weighted by Gasteiger charge is 2.25. The van der Waals surface area contributed by atoms with Crippen LogP contribution in [0.1, 0.15) is 29.8 Å². The second-order valence-electron chi connectivity index (χ2n) is 6.57. The molecule has 0 aromatic heterocycles. The zero-order valence-electron chi connectivity index (χ0n) is 15.8. The molecule has 0 aliphatic carbocycles. The van der Waals surface area contributed by atoms with Gasteiger partial charge < -0.3 is 15.4 Å². The smallest absolute Gasteiger partial charge is 0.325 e. The molecule has 2 N–H and O–H groups in total. The minimum atomic E-state index is -0.848. The van der Waals surface area contributed by atoms with Crippen LogP contribution < -0.4 is 10.6 Å². The van der Waals surface area contributed by atoms with E-state index in [-0.39, 0.29) is 24.6 Å². The van der Waals surface area contributed by atoms with Gasteiger partial charge in [-0.3, -0.25) is 14.4 Å². The van der Waals surface area contributed by atoms with E-state index in [9.17, 15) is 18.8 Å². The first kappa shape index (κ1) is 21.1. The summed E-state index contributed by atoms with van der Waals surface area (Å²) in [5, 5.41) is 5.09. The molecule has 6 nitrogen and oxygen atoms in total. The highest BCUT2D eigenvalue weighted by atomic mass is 19.1. The number of ether oxygens (including phenoxy) is 1. The molecule has 0 radical (unpaired) electrons. The van der Waals surface area contributed by atoms with Crippen molar-refractivity contribution in [2.75, 3.05) is 6.54 Å². The molecule has 0 spiro atoms. The lowest BCUT2D eigenvalue weighted by Crippen LogP contribution is -2.50. The average molecular weight is 386 g/mol. The first-order valence-corrected chi connectivity index (χ1v) is 8.90. The van der Waals surface area contributed by atoms with Crippen LogP contribution in [-0.4, -0.2) is 30.4 Å². The fourth-order valence-electron chi connectivity index (χ4n) is 2.42. The van der Waals surface area contributed by atoms with E-state index < -0.39 is 29.6 Å². The van der Waals surface area contributed by atoms with Crippen molar-refractivity contribution in [2.45, 2.75) is 26.5 Å². The molecule has 0 heterocycles. The fraction of sp³-hybridized carbons (Fsp3) is 0.286. The highest BCUT2D eigenvalue weighted by Crippen LogP contribution is 2.07. The van der Waals surface area contributed by atoms with Gasteiger partial charge in [0.1, 0.15) is 25.0 Å². The zero-order valence-corrected chi connectivity index (χ0v) is 15.8. The van der Waals surface area contributed by atoms with Gasteiger partial charge in [0.05, 0.1) is 0 Å². The molecule has 0 aliphatic heterocycles. The maximum atomic E-state index is 13.0. The van der Waals surface area contributed by atoms with Crippen LogP contribution in [0, 0.1) is 11.7 Å². The zero-order chi connectivity index (χ0) is 20.5. The van der Waals surface area contributed by atoms with Crippen LogP contribution in [0.15, 0.2) is 54.6 Å². The number of hydrogen-bond acceptors (Lipinski definition) is 4. The minimum absolute atomic E-state index is 0.116. The molecule has 28 heavy (non-hydrogen) atoms. The summed E-state index contributed by atoms with van der Waals surface area (Å²) in [6.07, 6.45) is 0. The van der Waals surface area contributed by atoms with Crippen molar-refractivity contribution in [3.05, 3.63) is 71.5 Å². The van der Waals surface area contributed by atoms with E-state index in [0.717, 1.165) is 5.56 Å². The minimum Gasteiger partial charge on any atom is -0.460 e. The van der Waals surface area contributed by atoms with Crippen LogP contribution in [0.5, 0.6) is 0 Å². The molecule has 0 bridgehead atoms. The molecule has 0 saturated heterocycles. The Labute approximate surface area is 163 Å². The summed E-state index contributed by atoms with van der Waals surface area (Å²) in [6, 6.07) is 13.3. The molecule has 0 fully saturated rings. The Bertz CT molecular complexity index is 807. The van der Waals surface area contributed by atoms with E-state index in [2.05, 4.69) is 10.6 Å². The molecule has 2 rings (SSSR count). The van der Waals surface area contributed by atoms with Gasteiger partial charge in [-0.05, 0) is 35.7 Å². The molecule has 0 aliphatic rings. The van der Waals surface area contributed by atoms with Gasteiger partial charge in [-0.1, -0.05) is 44.2 Å². The van der Waals surface area contributed by atoms with Crippen LogP contribution in [-0.2, 0) is 20.9 Å². The van der Waals surface area contributed by atoms with Crippen molar-refractivity contribution < 1.29 is 23.5 Å². The number of carbonyl (C=O) groups is 3. The van der Waals surface area contributed by atoms with Crippen LogP contribution in [0.25, 0.3) is 0 Å². The summed E-state index contributed by atoms with van der Waals surface area (Å²) >= 11 is 0. The molecular weight excluding hydrogens is 363 g/mol. The molecule has 1 unspecified atom stereocenters. The SMILES string of the molecule is CC(C)C(NC(=O)c1ccc(F)cc1)C(=O)NCC(=O)OCc1ccccc1. The summed E-state index contributed by atoms with van der Waals surface area (Å²) in [6.45, 7) is 3.34. The number of benzene rings is 2. The molecule has 2 amide bonds. The van der Waals surface area contributed by atoms with Gasteiger partial charge in [-0.15, -0.1) is 0 Å². The maximum Gasteiger partial charge on any atom is 0.325 e. The largest absolute Gasteiger partial charge is 0.460 e. The number of rotatable bonds is 8. The number of hydrogen-bond donors (Lipinski definition) is 2. The van der Waals surface area contributed by atoms with Gasteiger partial charge in [0.2, 0.25) is 5.91 Å². The first-order chi connectivity index (χ1) is 13.4. The number of carbonyl (C=O) groups excluding carboxylic acids is 3. The van der Waals surface area contributed by atoms with E-state index in [0.29, 0.717) is 0 Å². The number of nitrogens with one attached hydrogen (secondary N) is 2. The van der Waals surface area contributed by atoms with Crippen molar-refractivity contribution in [2.24, 2.45) is 5.92 Å². The van der Waals surface area contributed by atoms with Crippen LogP contribution in [0.2, 0.25) is 0 Å². The Morgan fingerprint density at radius 3 is 2.25 bits per heavy atom. The second-order valence-corrected chi connectivity index (χ2v) is 6.57. The molecule has 0 saturated carbocycles. The van der Waals surface area contributed by atoms with E-state index >= 15 is 0 Å². The summed E-state index contributed by atoms with van der Waals surface area (Å²) in [5.74, 6) is -2.25. The molecule has 2 aromatic rings. The molecule has 148 valence electrons. The lowest BCUT2D eigenvalue weighted by Gasteiger charge is -2.21. The lowest BCUT2D eigenvalue weighted by atomic mass is 10.0.